The number of thiophene rings is 1. The van der Waals surface area contributed by atoms with Gasteiger partial charge in [0, 0.05) is 11.4 Å². The summed E-state index contributed by atoms with van der Waals surface area (Å²) >= 11 is 1.70. The average Bonchev–Trinajstić information content (AvgIpc) is 3.30. The molecule has 0 bridgehead atoms. The summed E-state index contributed by atoms with van der Waals surface area (Å²) in [5.41, 5.74) is 2.36. The highest BCUT2D eigenvalue weighted by atomic mass is 32.1. The number of aromatic amines is 1. The molecule has 5 rings (SSSR count). The Morgan fingerprint density at radius 2 is 2.17 bits per heavy atom. The monoisotopic (exact) mass is 411 g/mol. The number of hydrogen-bond donors (Lipinski definition) is 1. The predicted octanol–water partition coefficient (Wildman–Crippen LogP) is 4.03. The van der Waals surface area contributed by atoms with E-state index in [1.807, 2.05) is 25.2 Å². The van der Waals surface area contributed by atoms with Crippen LogP contribution in [0.3, 0.4) is 0 Å². The lowest BCUT2D eigenvalue weighted by molar-refractivity contribution is 0.174. The number of H-pyrrole nitrogens is 1. The van der Waals surface area contributed by atoms with E-state index in [2.05, 4.69) is 23.7 Å². The topological polar surface area (TPSA) is 67.5 Å². The largest absolute Gasteiger partial charge is 0.454 e. The van der Waals surface area contributed by atoms with Gasteiger partial charge in [0.1, 0.15) is 10.7 Å². The van der Waals surface area contributed by atoms with E-state index in [1.165, 1.54) is 10.4 Å². The van der Waals surface area contributed by atoms with Gasteiger partial charge in [-0.3, -0.25) is 9.69 Å². The third kappa shape index (κ3) is 3.32. The van der Waals surface area contributed by atoms with Crippen LogP contribution in [-0.2, 0) is 19.4 Å². The van der Waals surface area contributed by atoms with Crippen molar-refractivity contribution < 1.29 is 9.47 Å². The Morgan fingerprint density at radius 1 is 1.34 bits per heavy atom. The van der Waals surface area contributed by atoms with Crippen molar-refractivity contribution in [3.63, 3.8) is 0 Å². The summed E-state index contributed by atoms with van der Waals surface area (Å²) < 4.78 is 10.9. The maximum atomic E-state index is 12.9. The minimum Gasteiger partial charge on any atom is -0.454 e. The van der Waals surface area contributed by atoms with Crippen molar-refractivity contribution in [3.8, 4) is 11.5 Å². The molecule has 2 atom stereocenters. The molecular weight excluding hydrogens is 386 g/mol. The van der Waals surface area contributed by atoms with Gasteiger partial charge in [-0.2, -0.15) is 0 Å². The van der Waals surface area contributed by atoms with Gasteiger partial charge in [0.05, 0.1) is 11.4 Å². The van der Waals surface area contributed by atoms with Crippen LogP contribution in [0.2, 0.25) is 0 Å². The molecule has 1 aliphatic heterocycles. The summed E-state index contributed by atoms with van der Waals surface area (Å²) in [6, 6.07) is 5.99. The Morgan fingerprint density at radius 3 is 3.03 bits per heavy atom. The molecule has 3 aromatic rings. The first-order valence-corrected chi connectivity index (χ1v) is 10.9. The minimum atomic E-state index is -0.0180. The molecule has 0 amide bonds. The van der Waals surface area contributed by atoms with Crippen molar-refractivity contribution in [2.75, 3.05) is 13.8 Å². The fourth-order valence-corrected chi connectivity index (χ4v) is 5.63. The molecule has 6 nitrogen and oxygen atoms in total. The highest BCUT2D eigenvalue weighted by Crippen LogP contribution is 2.36. The maximum absolute atomic E-state index is 12.9. The van der Waals surface area contributed by atoms with E-state index in [9.17, 15) is 4.79 Å². The number of ether oxygens (including phenoxy) is 2. The summed E-state index contributed by atoms with van der Waals surface area (Å²) in [4.78, 5) is 25.2. The van der Waals surface area contributed by atoms with Gasteiger partial charge in [0.15, 0.2) is 11.5 Å². The standard InChI is InChI=1S/C22H25N3O3S/c1-12-4-6-15-18(8-12)29-22-19(15)21(26)23-20(24-22)13(2)25(3)10-14-5-7-16-17(9-14)28-11-27-16/h5,7,9,12-13H,4,6,8,10-11H2,1-3H3,(H,23,24,26)/t12-,13+/m1/s1. The Hall–Kier alpha value is -2.38. The summed E-state index contributed by atoms with van der Waals surface area (Å²) in [6.45, 7) is 5.36. The molecule has 1 N–H and O–H groups in total. The van der Waals surface area contributed by atoms with Crippen LogP contribution < -0.4 is 15.0 Å². The smallest absolute Gasteiger partial charge is 0.259 e. The van der Waals surface area contributed by atoms with Gasteiger partial charge < -0.3 is 14.5 Å². The van der Waals surface area contributed by atoms with Crippen molar-refractivity contribution in [1.82, 2.24) is 14.9 Å². The highest BCUT2D eigenvalue weighted by molar-refractivity contribution is 7.18. The van der Waals surface area contributed by atoms with Crippen LogP contribution in [0.15, 0.2) is 23.0 Å². The molecule has 2 aliphatic rings. The van der Waals surface area contributed by atoms with Crippen molar-refractivity contribution in [2.45, 2.75) is 45.7 Å². The Bertz CT molecular complexity index is 1140. The van der Waals surface area contributed by atoms with Gasteiger partial charge in [-0.05, 0) is 62.4 Å². The lowest BCUT2D eigenvalue weighted by atomic mass is 9.89. The second-order valence-corrected chi connectivity index (χ2v) is 9.35. The quantitative estimate of drug-likeness (QED) is 0.702. The first kappa shape index (κ1) is 18.6. The molecule has 0 radical (unpaired) electrons. The molecule has 7 heteroatoms. The molecule has 0 unspecified atom stereocenters. The van der Waals surface area contributed by atoms with Gasteiger partial charge >= 0.3 is 0 Å². The van der Waals surface area contributed by atoms with Gasteiger partial charge in [0.25, 0.3) is 5.56 Å². The Balaban J connectivity index is 1.41. The number of aryl methyl sites for hydroxylation is 1. The van der Waals surface area contributed by atoms with Gasteiger partial charge in [-0.15, -0.1) is 11.3 Å². The molecular formula is C22H25N3O3S. The summed E-state index contributed by atoms with van der Waals surface area (Å²) in [6.07, 6.45) is 3.19. The van der Waals surface area contributed by atoms with Crippen molar-refractivity contribution in [3.05, 3.63) is 50.4 Å². The first-order valence-electron chi connectivity index (χ1n) is 10.1. The number of rotatable bonds is 4. The van der Waals surface area contributed by atoms with E-state index in [0.29, 0.717) is 5.92 Å². The van der Waals surface area contributed by atoms with Crippen LogP contribution in [-0.4, -0.2) is 28.7 Å². The van der Waals surface area contributed by atoms with Crippen molar-refractivity contribution >= 4 is 21.6 Å². The van der Waals surface area contributed by atoms with Crippen LogP contribution in [0.5, 0.6) is 11.5 Å². The normalized spacial score (nSPS) is 19.0. The third-order valence-electron chi connectivity index (χ3n) is 6.11. The zero-order valence-electron chi connectivity index (χ0n) is 16.9. The number of fused-ring (bicyclic) bond motifs is 4. The fourth-order valence-electron chi connectivity index (χ4n) is 4.24. The van der Waals surface area contributed by atoms with E-state index in [1.54, 1.807) is 11.3 Å². The first-order chi connectivity index (χ1) is 14.0. The molecule has 0 fully saturated rings. The van der Waals surface area contributed by atoms with Crippen LogP contribution in [0, 0.1) is 5.92 Å². The lowest BCUT2D eigenvalue weighted by Crippen LogP contribution is -2.26. The summed E-state index contributed by atoms with van der Waals surface area (Å²) in [5, 5.41) is 0.811. The third-order valence-corrected chi connectivity index (χ3v) is 7.26. The van der Waals surface area contributed by atoms with Gasteiger partial charge in [-0.1, -0.05) is 13.0 Å². The summed E-state index contributed by atoms with van der Waals surface area (Å²) in [7, 11) is 2.04. The molecule has 0 spiro atoms. The second-order valence-electron chi connectivity index (χ2n) is 8.26. The van der Waals surface area contributed by atoms with Crippen molar-refractivity contribution in [1.29, 1.82) is 0 Å². The van der Waals surface area contributed by atoms with Crippen LogP contribution in [0.4, 0.5) is 0 Å². The number of aromatic nitrogens is 2. The van der Waals surface area contributed by atoms with Crippen molar-refractivity contribution in [2.24, 2.45) is 5.92 Å². The van der Waals surface area contributed by atoms with E-state index in [4.69, 9.17) is 14.5 Å². The second kappa shape index (κ2) is 7.15. The molecule has 1 aliphatic carbocycles. The SMILES string of the molecule is C[C@@H]1CCc2c(sc3nc([C@H](C)N(C)Cc4ccc5c(c4)OCO5)[nH]c(=O)c23)C1. The summed E-state index contributed by atoms with van der Waals surface area (Å²) in [5.74, 6) is 2.98. The van der Waals surface area contributed by atoms with Crippen LogP contribution in [0.1, 0.15) is 48.1 Å². The number of hydrogen-bond acceptors (Lipinski definition) is 6. The highest BCUT2D eigenvalue weighted by Gasteiger charge is 2.24. The van der Waals surface area contributed by atoms with E-state index >= 15 is 0 Å². The van der Waals surface area contributed by atoms with E-state index in [0.717, 1.165) is 58.9 Å². The fraction of sp³-hybridized carbons (Fsp3) is 0.455. The van der Waals surface area contributed by atoms with E-state index in [-0.39, 0.29) is 18.4 Å². The Labute approximate surface area is 173 Å². The molecule has 152 valence electrons. The van der Waals surface area contributed by atoms with Gasteiger partial charge in [-0.25, -0.2) is 4.98 Å². The molecule has 0 saturated carbocycles. The Kier molecular flexibility index (Phi) is 4.59. The van der Waals surface area contributed by atoms with Crippen LogP contribution in [0.25, 0.3) is 10.2 Å². The number of nitrogens with one attached hydrogen (secondary N) is 1. The molecule has 29 heavy (non-hydrogen) atoms. The zero-order valence-corrected chi connectivity index (χ0v) is 17.8. The van der Waals surface area contributed by atoms with Gasteiger partial charge in [0.2, 0.25) is 6.79 Å². The molecule has 0 saturated heterocycles. The minimum absolute atomic E-state index is 0.000354. The lowest BCUT2D eigenvalue weighted by Gasteiger charge is -2.24. The zero-order chi connectivity index (χ0) is 20.1. The van der Waals surface area contributed by atoms with E-state index < -0.39 is 0 Å². The predicted molar refractivity (Wildman–Crippen MR) is 114 cm³/mol. The number of benzene rings is 1. The molecule has 2 aromatic heterocycles. The van der Waals surface area contributed by atoms with Crippen LogP contribution >= 0.6 is 11.3 Å². The molecule has 1 aromatic carbocycles. The molecule has 3 heterocycles. The maximum Gasteiger partial charge on any atom is 0.259 e. The number of nitrogens with zero attached hydrogens (tertiary/aromatic N) is 2. The average molecular weight is 412 g/mol.